The van der Waals surface area contributed by atoms with Crippen LogP contribution < -0.4 is 5.32 Å². The van der Waals surface area contributed by atoms with Crippen molar-refractivity contribution in [2.24, 2.45) is 11.8 Å². The Morgan fingerprint density at radius 3 is 2.76 bits per heavy atom. The standard InChI is InChI=1S/C10H8BrClN2O3/c11-7-1-4(3-13-8(7)12)14-9(15)5-2-6(5)10(16)17/h1,3,5-6H,2H2,(H,14,15)(H,16,17). The number of aliphatic carboxylic acids is 1. The van der Waals surface area contributed by atoms with E-state index in [9.17, 15) is 9.59 Å². The molecule has 90 valence electrons. The van der Waals surface area contributed by atoms with Crippen molar-refractivity contribution in [2.75, 3.05) is 5.32 Å². The normalized spacial score (nSPS) is 22.0. The first-order valence-electron chi connectivity index (χ1n) is 4.83. The van der Waals surface area contributed by atoms with Gasteiger partial charge in [0.05, 0.1) is 28.2 Å². The van der Waals surface area contributed by atoms with Crippen molar-refractivity contribution in [2.45, 2.75) is 6.42 Å². The van der Waals surface area contributed by atoms with Gasteiger partial charge in [0.15, 0.2) is 0 Å². The highest BCUT2D eigenvalue weighted by Crippen LogP contribution is 2.39. The molecule has 5 nitrogen and oxygen atoms in total. The lowest BCUT2D eigenvalue weighted by Crippen LogP contribution is -2.16. The Morgan fingerprint density at radius 1 is 1.53 bits per heavy atom. The first-order chi connectivity index (χ1) is 7.99. The molecule has 1 saturated carbocycles. The van der Waals surface area contributed by atoms with Crippen LogP contribution in [0.1, 0.15) is 6.42 Å². The van der Waals surface area contributed by atoms with E-state index in [0.29, 0.717) is 21.7 Å². The van der Waals surface area contributed by atoms with Gasteiger partial charge in [0, 0.05) is 0 Å². The number of rotatable bonds is 3. The van der Waals surface area contributed by atoms with E-state index < -0.39 is 17.8 Å². The summed E-state index contributed by atoms with van der Waals surface area (Å²) in [6, 6.07) is 1.62. The van der Waals surface area contributed by atoms with Gasteiger partial charge in [-0.15, -0.1) is 0 Å². The molecule has 1 amide bonds. The van der Waals surface area contributed by atoms with Crippen molar-refractivity contribution >= 4 is 45.1 Å². The third-order valence-corrected chi connectivity index (χ3v) is 3.64. The van der Waals surface area contributed by atoms with Gasteiger partial charge in [-0.25, -0.2) is 4.98 Å². The van der Waals surface area contributed by atoms with Crippen LogP contribution in [0.15, 0.2) is 16.7 Å². The lowest BCUT2D eigenvalue weighted by Gasteiger charge is -2.04. The second-order valence-electron chi connectivity index (χ2n) is 3.77. The van der Waals surface area contributed by atoms with Gasteiger partial charge in [-0.05, 0) is 28.4 Å². The molecule has 1 aliphatic carbocycles. The molecular weight excluding hydrogens is 311 g/mol. The molecular formula is C10H8BrClN2O3. The van der Waals surface area contributed by atoms with Crippen LogP contribution >= 0.6 is 27.5 Å². The van der Waals surface area contributed by atoms with E-state index >= 15 is 0 Å². The van der Waals surface area contributed by atoms with Gasteiger partial charge in [-0.2, -0.15) is 0 Å². The van der Waals surface area contributed by atoms with Crippen LogP contribution in [0.5, 0.6) is 0 Å². The fourth-order valence-electron chi connectivity index (χ4n) is 1.48. The van der Waals surface area contributed by atoms with Crippen LogP contribution in [0.4, 0.5) is 5.69 Å². The molecule has 2 rings (SSSR count). The molecule has 0 saturated heterocycles. The summed E-state index contributed by atoms with van der Waals surface area (Å²) in [5.74, 6) is -2.23. The van der Waals surface area contributed by atoms with Crippen molar-refractivity contribution < 1.29 is 14.7 Å². The molecule has 1 aromatic heterocycles. The minimum atomic E-state index is -0.930. The van der Waals surface area contributed by atoms with Crippen molar-refractivity contribution in [1.82, 2.24) is 4.98 Å². The van der Waals surface area contributed by atoms with Gasteiger partial charge in [0.2, 0.25) is 5.91 Å². The number of hydrogen-bond donors (Lipinski definition) is 2. The predicted molar refractivity (Wildman–Crippen MR) is 64.8 cm³/mol. The van der Waals surface area contributed by atoms with Crippen LogP contribution in [0, 0.1) is 11.8 Å². The fraction of sp³-hybridized carbons (Fsp3) is 0.300. The molecule has 1 heterocycles. The average Bonchev–Trinajstić information content (AvgIpc) is 3.03. The van der Waals surface area contributed by atoms with Crippen molar-refractivity contribution in [3.05, 3.63) is 21.9 Å². The largest absolute Gasteiger partial charge is 0.481 e. The highest BCUT2D eigenvalue weighted by atomic mass is 79.9. The number of nitrogens with one attached hydrogen (secondary N) is 1. The number of anilines is 1. The summed E-state index contributed by atoms with van der Waals surface area (Å²) in [6.45, 7) is 0. The molecule has 0 radical (unpaired) electrons. The third kappa shape index (κ3) is 2.76. The van der Waals surface area contributed by atoms with Gasteiger partial charge in [0.1, 0.15) is 5.15 Å². The van der Waals surface area contributed by atoms with Gasteiger partial charge < -0.3 is 10.4 Å². The number of amides is 1. The number of hydrogen-bond acceptors (Lipinski definition) is 3. The Labute approximate surface area is 110 Å². The van der Waals surface area contributed by atoms with Crippen LogP contribution in [-0.4, -0.2) is 22.0 Å². The molecule has 1 fully saturated rings. The molecule has 2 unspecified atom stereocenters. The summed E-state index contributed by atoms with van der Waals surface area (Å²) < 4.78 is 0.572. The first-order valence-corrected chi connectivity index (χ1v) is 6.01. The fourth-order valence-corrected chi connectivity index (χ4v) is 1.93. The van der Waals surface area contributed by atoms with Gasteiger partial charge in [-0.1, -0.05) is 11.6 Å². The van der Waals surface area contributed by atoms with Gasteiger partial charge in [-0.3, -0.25) is 9.59 Å². The van der Waals surface area contributed by atoms with Gasteiger partial charge >= 0.3 is 5.97 Å². The molecule has 2 N–H and O–H groups in total. The molecule has 2 atom stereocenters. The van der Waals surface area contributed by atoms with Crippen molar-refractivity contribution in [3.8, 4) is 0 Å². The second kappa shape index (κ2) is 4.62. The van der Waals surface area contributed by atoms with Crippen LogP contribution in [0.2, 0.25) is 5.15 Å². The topological polar surface area (TPSA) is 79.3 Å². The summed E-state index contributed by atoms with van der Waals surface area (Å²) >= 11 is 8.89. The lowest BCUT2D eigenvalue weighted by molar-refractivity contribution is -0.139. The van der Waals surface area contributed by atoms with Crippen molar-refractivity contribution in [3.63, 3.8) is 0 Å². The number of carboxylic acid groups (broad SMARTS) is 1. The minimum Gasteiger partial charge on any atom is -0.481 e. The summed E-state index contributed by atoms with van der Waals surface area (Å²) in [4.78, 5) is 26.1. The summed E-state index contributed by atoms with van der Waals surface area (Å²) in [5.41, 5.74) is 0.488. The molecule has 17 heavy (non-hydrogen) atoms. The number of halogens is 2. The maximum atomic E-state index is 11.6. The Kier molecular flexibility index (Phi) is 3.35. The molecule has 0 spiro atoms. The number of pyridine rings is 1. The van der Waals surface area contributed by atoms with Crippen LogP contribution in [0.3, 0.4) is 0 Å². The Balaban J connectivity index is 2.00. The van der Waals surface area contributed by atoms with Crippen LogP contribution in [-0.2, 0) is 9.59 Å². The summed E-state index contributed by atoms with van der Waals surface area (Å²) in [5, 5.41) is 11.6. The third-order valence-electron chi connectivity index (χ3n) is 2.51. The minimum absolute atomic E-state index is 0.298. The molecule has 1 aromatic rings. The van der Waals surface area contributed by atoms with E-state index in [1.807, 2.05) is 0 Å². The Bertz CT molecular complexity index is 494. The highest BCUT2D eigenvalue weighted by Gasteiger charge is 2.48. The van der Waals surface area contributed by atoms with Gasteiger partial charge in [0.25, 0.3) is 0 Å². The Hall–Kier alpha value is -1.14. The van der Waals surface area contributed by atoms with Crippen LogP contribution in [0.25, 0.3) is 0 Å². The molecule has 0 aromatic carbocycles. The maximum absolute atomic E-state index is 11.6. The monoisotopic (exact) mass is 318 g/mol. The average molecular weight is 320 g/mol. The Morgan fingerprint density at radius 2 is 2.24 bits per heavy atom. The van der Waals surface area contributed by atoms with E-state index in [0.717, 1.165) is 0 Å². The number of aromatic nitrogens is 1. The molecule has 1 aliphatic rings. The highest BCUT2D eigenvalue weighted by molar-refractivity contribution is 9.10. The molecule has 7 heteroatoms. The second-order valence-corrected chi connectivity index (χ2v) is 4.99. The van der Waals surface area contributed by atoms with E-state index in [1.165, 1.54) is 6.20 Å². The summed E-state index contributed by atoms with van der Waals surface area (Å²) in [6.07, 6.45) is 1.81. The smallest absolute Gasteiger partial charge is 0.307 e. The zero-order valence-corrected chi connectivity index (χ0v) is 10.8. The number of carbonyl (C=O) groups is 2. The van der Waals surface area contributed by atoms with E-state index in [4.69, 9.17) is 16.7 Å². The zero-order chi connectivity index (χ0) is 12.6. The lowest BCUT2D eigenvalue weighted by atomic mass is 10.3. The summed E-state index contributed by atoms with van der Waals surface area (Å²) in [7, 11) is 0. The number of carbonyl (C=O) groups excluding carboxylic acids is 1. The van der Waals surface area contributed by atoms with E-state index in [-0.39, 0.29) is 5.91 Å². The zero-order valence-electron chi connectivity index (χ0n) is 8.48. The maximum Gasteiger partial charge on any atom is 0.307 e. The number of nitrogens with zero attached hydrogens (tertiary/aromatic N) is 1. The quantitative estimate of drug-likeness (QED) is 0.837. The SMILES string of the molecule is O=C(O)C1CC1C(=O)Nc1cnc(Cl)c(Br)c1. The van der Waals surface area contributed by atoms with Crippen molar-refractivity contribution in [1.29, 1.82) is 0 Å². The van der Waals surface area contributed by atoms with E-state index in [1.54, 1.807) is 6.07 Å². The van der Waals surface area contributed by atoms with E-state index in [2.05, 4.69) is 26.2 Å². The predicted octanol–water partition coefficient (Wildman–Crippen LogP) is 2.16. The molecule has 0 aliphatic heterocycles. The first kappa shape index (κ1) is 12.3. The number of carboxylic acids is 1. The molecule has 0 bridgehead atoms.